The van der Waals surface area contributed by atoms with Crippen molar-refractivity contribution in [3.8, 4) is 0 Å². The average molecular weight is 575 g/mol. The van der Waals surface area contributed by atoms with Crippen LogP contribution in [0.4, 0.5) is 0 Å². The summed E-state index contributed by atoms with van der Waals surface area (Å²) in [6, 6.07) is 0.236. The lowest BCUT2D eigenvalue weighted by Gasteiger charge is -2.27. The largest absolute Gasteiger partial charge is 0.465 e. The smallest absolute Gasteiger partial charge is 0.305 e. The number of rotatable bonds is 26. The Bertz CT molecular complexity index is 512. The van der Waals surface area contributed by atoms with Crippen LogP contribution in [0.2, 0.25) is 0 Å². The highest BCUT2D eigenvalue weighted by Crippen LogP contribution is 2.20. The summed E-state index contributed by atoms with van der Waals surface area (Å²) in [4.78, 5) is 26.9. The standard InChI is InChI=1S/C31H60BrNO3/c1-5-7-9-11-12-16-22-29(21-15-10-8-6-2)27-36-31(35)24-18-14-20-26-33(28(3)4)30(34)23-17-13-19-25-32/h28-29H,5-27H2,1-4H3. The second-order valence-electron chi connectivity index (χ2n) is 10.9. The van der Waals surface area contributed by atoms with Crippen LogP contribution >= 0.6 is 15.9 Å². The summed E-state index contributed by atoms with van der Waals surface area (Å²) in [6.45, 7) is 10.1. The summed E-state index contributed by atoms with van der Waals surface area (Å²) in [5.41, 5.74) is 0. The molecule has 0 fully saturated rings. The molecular formula is C31H60BrNO3. The number of hydrogen-bond donors (Lipinski definition) is 0. The van der Waals surface area contributed by atoms with E-state index in [0.717, 1.165) is 50.4 Å². The molecule has 0 aromatic heterocycles. The maximum Gasteiger partial charge on any atom is 0.305 e. The van der Waals surface area contributed by atoms with E-state index < -0.39 is 0 Å². The minimum atomic E-state index is -0.0416. The number of carbonyl (C=O) groups excluding carboxylic acids is 2. The van der Waals surface area contributed by atoms with Crippen LogP contribution in [0, 0.1) is 5.92 Å². The normalized spacial score (nSPS) is 12.2. The van der Waals surface area contributed by atoms with Gasteiger partial charge in [-0.05, 0) is 58.3 Å². The van der Waals surface area contributed by atoms with E-state index in [1.54, 1.807) is 0 Å². The van der Waals surface area contributed by atoms with E-state index in [-0.39, 0.29) is 17.9 Å². The quantitative estimate of drug-likeness (QED) is 0.0587. The van der Waals surface area contributed by atoms with Crippen LogP contribution in [0.25, 0.3) is 0 Å². The van der Waals surface area contributed by atoms with Gasteiger partial charge < -0.3 is 9.64 Å². The van der Waals surface area contributed by atoms with Gasteiger partial charge in [0, 0.05) is 30.8 Å². The number of esters is 1. The lowest BCUT2D eigenvalue weighted by molar-refractivity contribution is -0.145. The van der Waals surface area contributed by atoms with Gasteiger partial charge in [0.1, 0.15) is 0 Å². The summed E-state index contributed by atoms with van der Waals surface area (Å²) in [5.74, 6) is 0.756. The summed E-state index contributed by atoms with van der Waals surface area (Å²) in [7, 11) is 0. The van der Waals surface area contributed by atoms with Crippen LogP contribution in [0.15, 0.2) is 0 Å². The molecular weight excluding hydrogens is 514 g/mol. The highest BCUT2D eigenvalue weighted by Gasteiger charge is 2.16. The van der Waals surface area contributed by atoms with Crippen LogP contribution in [0.5, 0.6) is 0 Å². The molecule has 0 spiro atoms. The molecule has 0 saturated heterocycles. The van der Waals surface area contributed by atoms with Gasteiger partial charge >= 0.3 is 5.97 Å². The molecule has 214 valence electrons. The minimum absolute atomic E-state index is 0.0416. The zero-order valence-corrected chi connectivity index (χ0v) is 26.1. The van der Waals surface area contributed by atoms with Crippen molar-refractivity contribution >= 4 is 27.8 Å². The van der Waals surface area contributed by atoms with E-state index in [1.165, 1.54) is 77.0 Å². The molecule has 0 aromatic rings. The molecule has 0 rings (SSSR count). The molecule has 0 aromatic carbocycles. The number of unbranched alkanes of at least 4 members (excludes halogenated alkanes) is 12. The second-order valence-corrected chi connectivity index (χ2v) is 11.7. The van der Waals surface area contributed by atoms with Crippen molar-refractivity contribution < 1.29 is 14.3 Å². The van der Waals surface area contributed by atoms with Gasteiger partial charge in [-0.1, -0.05) is 107 Å². The second kappa shape index (κ2) is 26.0. The first-order valence-corrected chi connectivity index (χ1v) is 16.6. The Hall–Kier alpha value is -0.580. The van der Waals surface area contributed by atoms with E-state index in [1.807, 2.05) is 4.90 Å². The summed E-state index contributed by atoms with van der Waals surface area (Å²) >= 11 is 3.45. The van der Waals surface area contributed by atoms with Crippen molar-refractivity contribution in [3.63, 3.8) is 0 Å². The third kappa shape index (κ3) is 21.5. The lowest BCUT2D eigenvalue weighted by Crippen LogP contribution is -2.37. The number of ether oxygens (including phenoxy) is 1. The van der Waals surface area contributed by atoms with Crippen LogP contribution in [-0.4, -0.2) is 41.3 Å². The molecule has 0 saturated carbocycles. The van der Waals surface area contributed by atoms with Gasteiger partial charge in [-0.25, -0.2) is 0 Å². The fourth-order valence-corrected chi connectivity index (χ4v) is 5.15. The number of halogens is 1. The number of carbonyl (C=O) groups is 2. The van der Waals surface area contributed by atoms with Crippen molar-refractivity contribution in [1.82, 2.24) is 4.90 Å². The number of amides is 1. The molecule has 1 atom stereocenters. The molecule has 0 aliphatic rings. The van der Waals surface area contributed by atoms with Gasteiger partial charge in [-0.2, -0.15) is 0 Å². The molecule has 0 aliphatic carbocycles. The fourth-order valence-electron chi connectivity index (χ4n) is 4.76. The molecule has 0 radical (unpaired) electrons. The Kier molecular flexibility index (Phi) is 25.6. The molecule has 5 heteroatoms. The maximum absolute atomic E-state index is 12.6. The Balaban J connectivity index is 4.17. The Morgan fingerprint density at radius 2 is 1.22 bits per heavy atom. The summed E-state index contributed by atoms with van der Waals surface area (Å²) in [6.07, 6.45) is 22.5. The van der Waals surface area contributed by atoms with Crippen LogP contribution < -0.4 is 0 Å². The highest BCUT2D eigenvalue weighted by molar-refractivity contribution is 9.09. The Morgan fingerprint density at radius 3 is 1.83 bits per heavy atom. The Morgan fingerprint density at radius 1 is 0.694 bits per heavy atom. The topological polar surface area (TPSA) is 46.6 Å². The van der Waals surface area contributed by atoms with Crippen LogP contribution in [0.1, 0.15) is 156 Å². The molecule has 0 heterocycles. The first-order chi connectivity index (χ1) is 17.5. The van der Waals surface area contributed by atoms with Crippen molar-refractivity contribution in [1.29, 1.82) is 0 Å². The average Bonchev–Trinajstić information content (AvgIpc) is 2.86. The monoisotopic (exact) mass is 573 g/mol. The molecule has 36 heavy (non-hydrogen) atoms. The fraction of sp³-hybridized carbons (Fsp3) is 0.935. The lowest BCUT2D eigenvalue weighted by atomic mass is 9.95. The third-order valence-electron chi connectivity index (χ3n) is 7.16. The van der Waals surface area contributed by atoms with Crippen molar-refractivity contribution in [2.45, 2.75) is 162 Å². The van der Waals surface area contributed by atoms with E-state index in [9.17, 15) is 9.59 Å². The number of alkyl halides is 1. The van der Waals surface area contributed by atoms with Gasteiger partial charge in [0.2, 0.25) is 5.91 Å². The SMILES string of the molecule is CCCCCCCCC(CCCCCC)COC(=O)CCCCCN(C(=O)CCCCCBr)C(C)C. The minimum Gasteiger partial charge on any atom is -0.465 e. The Labute approximate surface area is 233 Å². The molecule has 0 bridgehead atoms. The van der Waals surface area contributed by atoms with E-state index in [2.05, 4.69) is 43.6 Å². The van der Waals surface area contributed by atoms with Gasteiger partial charge in [-0.15, -0.1) is 0 Å². The van der Waals surface area contributed by atoms with E-state index >= 15 is 0 Å². The zero-order chi connectivity index (χ0) is 26.9. The van der Waals surface area contributed by atoms with Gasteiger partial charge in [-0.3, -0.25) is 9.59 Å². The zero-order valence-electron chi connectivity index (χ0n) is 24.5. The number of nitrogens with zero attached hydrogens (tertiary/aromatic N) is 1. The molecule has 1 amide bonds. The first-order valence-electron chi connectivity index (χ1n) is 15.5. The van der Waals surface area contributed by atoms with Crippen molar-refractivity contribution in [2.75, 3.05) is 18.5 Å². The van der Waals surface area contributed by atoms with Gasteiger partial charge in [0.25, 0.3) is 0 Å². The van der Waals surface area contributed by atoms with Gasteiger partial charge in [0.05, 0.1) is 6.61 Å². The van der Waals surface area contributed by atoms with E-state index in [4.69, 9.17) is 4.74 Å². The number of hydrogen-bond acceptors (Lipinski definition) is 3. The third-order valence-corrected chi connectivity index (χ3v) is 7.72. The first kappa shape index (κ1) is 35.4. The maximum atomic E-state index is 12.6. The molecule has 0 N–H and O–H groups in total. The van der Waals surface area contributed by atoms with Crippen LogP contribution in [-0.2, 0) is 14.3 Å². The molecule has 0 aliphatic heterocycles. The van der Waals surface area contributed by atoms with Gasteiger partial charge in [0.15, 0.2) is 0 Å². The molecule has 1 unspecified atom stereocenters. The predicted octanol–water partition coefficient (Wildman–Crippen LogP) is 9.62. The molecule has 4 nitrogen and oxygen atoms in total. The van der Waals surface area contributed by atoms with Crippen molar-refractivity contribution in [3.05, 3.63) is 0 Å². The summed E-state index contributed by atoms with van der Waals surface area (Å²) in [5, 5.41) is 1.01. The van der Waals surface area contributed by atoms with Crippen molar-refractivity contribution in [2.24, 2.45) is 5.92 Å². The van der Waals surface area contributed by atoms with E-state index in [0.29, 0.717) is 25.4 Å². The highest BCUT2D eigenvalue weighted by atomic mass is 79.9. The van der Waals surface area contributed by atoms with Crippen LogP contribution in [0.3, 0.4) is 0 Å². The summed E-state index contributed by atoms with van der Waals surface area (Å²) < 4.78 is 5.72. The predicted molar refractivity (Wildman–Crippen MR) is 159 cm³/mol.